The van der Waals surface area contributed by atoms with Crippen LogP contribution in [-0.2, 0) is 13.6 Å². The molecule has 6 nitrogen and oxygen atoms in total. The summed E-state index contributed by atoms with van der Waals surface area (Å²) in [5, 5.41) is 19.1. The van der Waals surface area contributed by atoms with Gasteiger partial charge >= 0.3 is 0 Å². The van der Waals surface area contributed by atoms with E-state index >= 15 is 0 Å². The molecule has 0 radical (unpaired) electrons. The number of aromatic nitrogens is 4. The first-order chi connectivity index (χ1) is 10.1. The van der Waals surface area contributed by atoms with Crippen LogP contribution in [0.1, 0.15) is 11.7 Å². The van der Waals surface area contributed by atoms with Crippen LogP contribution in [0.25, 0.3) is 10.9 Å². The fourth-order valence-electron chi connectivity index (χ4n) is 2.18. The van der Waals surface area contributed by atoms with Gasteiger partial charge in [-0.05, 0) is 17.7 Å². The lowest BCUT2D eigenvalue weighted by molar-refractivity contribution is 0.153. The smallest absolute Gasteiger partial charge is 0.292 e. The minimum atomic E-state index is -0.737. The molecule has 2 aromatic heterocycles. The van der Waals surface area contributed by atoms with Gasteiger partial charge in [-0.1, -0.05) is 28.1 Å². The van der Waals surface area contributed by atoms with Crippen LogP contribution in [0.5, 0.6) is 0 Å². The minimum absolute atomic E-state index is 0.213. The molecule has 21 heavy (non-hydrogen) atoms. The summed E-state index contributed by atoms with van der Waals surface area (Å²) in [6.45, 7) is 0.213. The van der Waals surface area contributed by atoms with Crippen LogP contribution in [0.2, 0.25) is 0 Å². The van der Waals surface area contributed by atoms with Gasteiger partial charge in [0.05, 0.1) is 25.0 Å². The Morgan fingerprint density at radius 3 is 2.62 bits per heavy atom. The van der Waals surface area contributed by atoms with Crippen molar-refractivity contribution < 1.29 is 5.11 Å². The number of fused-ring (bicyclic) bond motifs is 1. The fourth-order valence-corrected chi connectivity index (χ4v) is 2.44. The van der Waals surface area contributed by atoms with E-state index in [0.29, 0.717) is 10.9 Å². The number of halogens is 1. The number of hydrogen-bond acceptors (Lipinski definition) is 4. The highest BCUT2D eigenvalue weighted by atomic mass is 79.9. The Morgan fingerprint density at radius 2 is 1.90 bits per heavy atom. The molecule has 0 saturated heterocycles. The Labute approximate surface area is 128 Å². The lowest BCUT2D eigenvalue weighted by atomic mass is 10.1. The van der Waals surface area contributed by atoms with E-state index < -0.39 is 6.10 Å². The maximum atomic E-state index is 12.1. The molecule has 7 heteroatoms. The van der Waals surface area contributed by atoms with Crippen LogP contribution in [-0.4, -0.2) is 24.7 Å². The molecule has 2 heterocycles. The summed E-state index contributed by atoms with van der Waals surface area (Å²) in [5.41, 5.74) is 0.990. The average Bonchev–Trinajstić information content (AvgIpc) is 2.87. The van der Waals surface area contributed by atoms with Crippen LogP contribution in [0.15, 0.2) is 45.9 Å². The monoisotopic (exact) mass is 348 g/mol. The van der Waals surface area contributed by atoms with E-state index in [1.807, 2.05) is 24.3 Å². The maximum absolute atomic E-state index is 12.1. The summed E-state index contributed by atoms with van der Waals surface area (Å²) in [5.74, 6) is 0. The third-order valence-corrected chi connectivity index (χ3v) is 3.86. The topological polar surface area (TPSA) is 72.9 Å². The molecule has 108 valence electrons. The zero-order valence-electron chi connectivity index (χ0n) is 11.3. The van der Waals surface area contributed by atoms with Gasteiger partial charge in [-0.2, -0.15) is 10.2 Å². The number of hydrogen-bond donors (Lipinski definition) is 1. The van der Waals surface area contributed by atoms with Gasteiger partial charge in [-0.25, -0.2) is 4.68 Å². The lowest BCUT2D eigenvalue weighted by Gasteiger charge is -2.12. The van der Waals surface area contributed by atoms with Gasteiger partial charge in [0, 0.05) is 16.9 Å². The van der Waals surface area contributed by atoms with Crippen molar-refractivity contribution in [3.05, 3.63) is 57.0 Å². The zero-order valence-corrected chi connectivity index (χ0v) is 12.9. The van der Waals surface area contributed by atoms with Crippen LogP contribution in [0.3, 0.4) is 0 Å². The van der Waals surface area contributed by atoms with Gasteiger partial charge in [-0.3, -0.25) is 9.48 Å². The molecular formula is C14H13BrN4O2. The molecule has 0 amide bonds. The van der Waals surface area contributed by atoms with E-state index in [2.05, 4.69) is 26.1 Å². The highest BCUT2D eigenvalue weighted by Crippen LogP contribution is 2.19. The zero-order chi connectivity index (χ0) is 15.0. The Hall–Kier alpha value is -1.99. The van der Waals surface area contributed by atoms with Crippen molar-refractivity contribution >= 4 is 26.8 Å². The highest BCUT2D eigenvalue weighted by Gasteiger charge is 2.14. The van der Waals surface area contributed by atoms with Crippen molar-refractivity contribution in [3.63, 3.8) is 0 Å². The Kier molecular flexibility index (Phi) is 3.60. The van der Waals surface area contributed by atoms with E-state index in [-0.39, 0.29) is 12.1 Å². The summed E-state index contributed by atoms with van der Waals surface area (Å²) in [6, 6.07) is 7.39. The third kappa shape index (κ3) is 2.62. The van der Waals surface area contributed by atoms with E-state index in [0.717, 1.165) is 10.0 Å². The van der Waals surface area contributed by atoms with Crippen molar-refractivity contribution in [2.45, 2.75) is 12.6 Å². The molecule has 0 saturated carbocycles. The number of aliphatic hydroxyl groups is 1. The first kappa shape index (κ1) is 14.0. The van der Waals surface area contributed by atoms with Crippen LogP contribution >= 0.6 is 15.9 Å². The molecule has 0 spiro atoms. The summed E-state index contributed by atoms with van der Waals surface area (Å²) in [7, 11) is 1.59. The molecule has 0 aliphatic heterocycles. The Bertz CT molecular complexity index is 838. The number of aryl methyl sites for hydroxylation is 1. The second kappa shape index (κ2) is 5.42. The van der Waals surface area contributed by atoms with Crippen molar-refractivity contribution in [2.75, 3.05) is 0 Å². The molecule has 0 fully saturated rings. The normalized spacial score (nSPS) is 12.7. The summed E-state index contributed by atoms with van der Waals surface area (Å²) in [4.78, 5) is 12.1. The van der Waals surface area contributed by atoms with E-state index in [1.54, 1.807) is 19.4 Å². The second-order valence-electron chi connectivity index (χ2n) is 4.77. The predicted molar refractivity (Wildman–Crippen MR) is 81.9 cm³/mol. The van der Waals surface area contributed by atoms with Crippen molar-refractivity contribution in [2.24, 2.45) is 7.05 Å². The van der Waals surface area contributed by atoms with Gasteiger partial charge in [0.15, 0.2) is 0 Å². The number of rotatable bonds is 3. The molecule has 1 N–H and O–H groups in total. The molecule has 1 aromatic carbocycles. The number of aliphatic hydroxyl groups excluding tert-OH is 1. The lowest BCUT2D eigenvalue weighted by Crippen LogP contribution is -2.22. The van der Waals surface area contributed by atoms with Crippen molar-refractivity contribution in [3.8, 4) is 0 Å². The standard InChI is InChI=1S/C14H13BrN4O2/c1-18-14(21)13-10(6-16-18)7-17-19(13)8-12(20)9-2-4-11(15)5-3-9/h2-7,12,20H,8H2,1H3. The molecule has 1 atom stereocenters. The fraction of sp³-hybridized carbons (Fsp3) is 0.214. The van der Waals surface area contributed by atoms with Crippen LogP contribution < -0.4 is 5.56 Å². The van der Waals surface area contributed by atoms with E-state index in [4.69, 9.17) is 0 Å². The van der Waals surface area contributed by atoms with Gasteiger partial charge in [0.2, 0.25) is 0 Å². The largest absolute Gasteiger partial charge is 0.386 e. The predicted octanol–water partition coefficient (Wildman–Crippen LogP) is 1.63. The third-order valence-electron chi connectivity index (χ3n) is 3.33. The van der Waals surface area contributed by atoms with Crippen LogP contribution in [0, 0.1) is 0 Å². The molecular weight excluding hydrogens is 336 g/mol. The maximum Gasteiger partial charge on any atom is 0.292 e. The number of nitrogens with zero attached hydrogens (tertiary/aromatic N) is 4. The Balaban J connectivity index is 1.96. The molecule has 0 aliphatic rings. The summed E-state index contributed by atoms with van der Waals surface area (Å²) < 4.78 is 3.72. The molecule has 3 aromatic rings. The molecule has 0 aliphatic carbocycles. The van der Waals surface area contributed by atoms with Gasteiger partial charge in [0.25, 0.3) is 5.56 Å². The highest BCUT2D eigenvalue weighted by molar-refractivity contribution is 9.10. The molecule has 0 bridgehead atoms. The Morgan fingerprint density at radius 1 is 1.24 bits per heavy atom. The van der Waals surface area contributed by atoms with Gasteiger partial charge < -0.3 is 5.11 Å². The average molecular weight is 349 g/mol. The van der Waals surface area contributed by atoms with E-state index in [9.17, 15) is 9.90 Å². The number of benzene rings is 1. The van der Waals surface area contributed by atoms with Gasteiger partial charge in [-0.15, -0.1) is 0 Å². The second-order valence-corrected chi connectivity index (χ2v) is 5.69. The van der Waals surface area contributed by atoms with Crippen LogP contribution in [0.4, 0.5) is 0 Å². The van der Waals surface area contributed by atoms with Gasteiger partial charge in [0.1, 0.15) is 5.52 Å². The quantitative estimate of drug-likeness (QED) is 0.780. The molecule has 3 rings (SSSR count). The van der Waals surface area contributed by atoms with Crippen molar-refractivity contribution in [1.29, 1.82) is 0 Å². The SMILES string of the molecule is Cn1ncc2cnn(CC(O)c3ccc(Br)cc3)c2c1=O. The van der Waals surface area contributed by atoms with Crippen molar-refractivity contribution in [1.82, 2.24) is 19.6 Å². The summed E-state index contributed by atoms with van der Waals surface area (Å²) >= 11 is 3.36. The first-order valence-corrected chi connectivity index (χ1v) is 7.17. The molecule has 1 unspecified atom stereocenters. The first-order valence-electron chi connectivity index (χ1n) is 6.37. The van der Waals surface area contributed by atoms with E-state index in [1.165, 1.54) is 9.36 Å². The minimum Gasteiger partial charge on any atom is -0.386 e. The summed E-state index contributed by atoms with van der Waals surface area (Å²) in [6.07, 6.45) is 2.43.